The molecule has 5 nitrogen and oxygen atoms in total. The van der Waals surface area contributed by atoms with E-state index in [2.05, 4.69) is 5.32 Å². The summed E-state index contributed by atoms with van der Waals surface area (Å²) in [6, 6.07) is 18.1. The molecule has 1 N–H and O–H groups in total. The molecule has 0 radical (unpaired) electrons. The van der Waals surface area contributed by atoms with Gasteiger partial charge in [-0.2, -0.15) is 0 Å². The number of ether oxygens (including phenoxy) is 1. The minimum absolute atomic E-state index is 0.0411. The number of thiophene rings is 1. The van der Waals surface area contributed by atoms with Crippen molar-refractivity contribution in [2.45, 2.75) is 32.8 Å². The molecule has 0 fully saturated rings. The summed E-state index contributed by atoms with van der Waals surface area (Å²) in [7, 11) is 0. The summed E-state index contributed by atoms with van der Waals surface area (Å²) in [4.78, 5) is 38.2. The first-order valence-electron chi connectivity index (χ1n) is 9.63. The number of rotatable bonds is 8. The van der Waals surface area contributed by atoms with Crippen LogP contribution in [0.5, 0.6) is 0 Å². The van der Waals surface area contributed by atoms with E-state index in [1.807, 2.05) is 43.5 Å². The number of carbonyl (C=O) groups is 3. The lowest BCUT2D eigenvalue weighted by Crippen LogP contribution is -2.26. The van der Waals surface area contributed by atoms with Gasteiger partial charge >= 0.3 is 5.97 Å². The van der Waals surface area contributed by atoms with Gasteiger partial charge in [-0.3, -0.25) is 14.4 Å². The molecule has 6 heteroatoms. The van der Waals surface area contributed by atoms with Crippen LogP contribution in [0.25, 0.3) is 0 Å². The summed E-state index contributed by atoms with van der Waals surface area (Å²) in [6.45, 7) is 3.84. The predicted octanol–water partition coefficient (Wildman–Crippen LogP) is 5.25. The van der Waals surface area contributed by atoms with E-state index in [4.69, 9.17) is 4.74 Å². The molecule has 0 aliphatic rings. The number of benzene rings is 2. The van der Waals surface area contributed by atoms with Crippen LogP contribution in [0.2, 0.25) is 0 Å². The van der Waals surface area contributed by atoms with E-state index in [9.17, 15) is 14.4 Å². The molecule has 0 aliphatic carbocycles. The van der Waals surface area contributed by atoms with Gasteiger partial charge in [0.2, 0.25) is 6.10 Å². The zero-order valence-electron chi connectivity index (χ0n) is 16.9. The SMILES string of the molecule is Cc1ccc(C)c(NC(=O)[C@@H](OC(=O)CCC(=O)c2cccs2)c2ccccc2)c1. The Morgan fingerprint density at radius 3 is 2.43 bits per heavy atom. The number of anilines is 1. The quantitative estimate of drug-likeness (QED) is 0.398. The molecule has 1 amide bonds. The van der Waals surface area contributed by atoms with Crippen LogP contribution in [0.3, 0.4) is 0 Å². The minimum atomic E-state index is -1.10. The first kappa shape index (κ1) is 21.5. The zero-order chi connectivity index (χ0) is 21.5. The summed E-state index contributed by atoms with van der Waals surface area (Å²) < 4.78 is 5.51. The Morgan fingerprint density at radius 2 is 1.73 bits per heavy atom. The van der Waals surface area contributed by atoms with Crippen molar-refractivity contribution in [3.05, 3.63) is 87.6 Å². The molecule has 30 heavy (non-hydrogen) atoms. The molecular weight excluding hydrogens is 398 g/mol. The summed E-state index contributed by atoms with van der Waals surface area (Å²) in [5.41, 5.74) is 3.16. The molecule has 0 spiro atoms. The molecule has 0 bridgehead atoms. The monoisotopic (exact) mass is 421 g/mol. The van der Waals surface area contributed by atoms with Gasteiger partial charge in [0.25, 0.3) is 5.91 Å². The second kappa shape index (κ2) is 9.98. The molecule has 3 rings (SSSR count). The van der Waals surface area contributed by atoms with E-state index in [0.717, 1.165) is 11.1 Å². The first-order valence-corrected chi connectivity index (χ1v) is 10.5. The third-order valence-corrected chi connectivity index (χ3v) is 5.50. The van der Waals surface area contributed by atoms with Gasteiger partial charge in [-0.1, -0.05) is 48.5 Å². The van der Waals surface area contributed by atoms with E-state index in [1.165, 1.54) is 11.3 Å². The van der Waals surface area contributed by atoms with Crippen LogP contribution in [0, 0.1) is 13.8 Å². The highest BCUT2D eigenvalue weighted by Gasteiger charge is 2.26. The van der Waals surface area contributed by atoms with Crippen molar-refractivity contribution in [2.75, 3.05) is 5.32 Å². The molecule has 1 aromatic heterocycles. The van der Waals surface area contributed by atoms with Gasteiger partial charge < -0.3 is 10.1 Å². The largest absolute Gasteiger partial charge is 0.447 e. The van der Waals surface area contributed by atoms with Crippen LogP contribution in [0.1, 0.15) is 45.3 Å². The second-order valence-electron chi connectivity index (χ2n) is 6.99. The van der Waals surface area contributed by atoms with Gasteiger partial charge in [0.05, 0.1) is 11.3 Å². The van der Waals surface area contributed by atoms with E-state index < -0.39 is 18.0 Å². The molecule has 1 heterocycles. The number of Topliss-reactive ketones (excluding diaryl/α,β-unsaturated/α-hetero) is 1. The maximum atomic E-state index is 13.0. The third kappa shape index (κ3) is 5.64. The molecule has 1 atom stereocenters. The molecule has 0 unspecified atom stereocenters. The van der Waals surface area contributed by atoms with Crippen molar-refractivity contribution in [2.24, 2.45) is 0 Å². The van der Waals surface area contributed by atoms with Gasteiger partial charge in [0.15, 0.2) is 5.78 Å². The number of ketones is 1. The van der Waals surface area contributed by atoms with Crippen LogP contribution >= 0.6 is 11.3 Å². The number of hydrogen-bond acceptors (Lipinski definition) is 5. The Morgan fingerprint density at radius 1 is 0.967 bits per heavy atom. The number of aryl methyl sites for hydroxylation is 2. The molecule has 154 valence electrons. The average molecular weight is 422 g/mol. The summed E-state index contributed by atoms with van der Waals surface area (Å²) >= 11 is 1.34. The van der Waals surface area contributed by atoms with Crippen LogP contribution in [-0.4, -0.2) is 17.7 Å². The molecule has 0 aliphatic heterocycles. The average Bonchev–Trinajstić information content (AvgIpc) is 3.28. The van der Waals surface area contributed by atoms with E-state index in [1.54, 1.807) is 36.4 Å². The highest BCUT2D eigenvalue weighted by atomic mass is 32.1. The Hall–Kier alpha value is -3.25. The van der Waals surface area contributed by atoms with Gasteiger partial charge in [-0.25, -0.2) is 0 Å². The van der Waals surface area contributed by atoms with Crippen LogP contribution in [0.15, 0.2) is 66.0 Å². The lowest BCUT2D eigenvalue weighted by atomic mass is 10.1. The Labute approximate surface area is 179 Å². The van der Waals surface area contributed by atoms with Gasteiger partial charge in [-0.15, -0.1) is 11.3 Å². The number of carbonyl (C=O) groups excluding carboxylic acids is 3. The van der Waals surface area contributed by atoms with Crippen LogP contribution in [0.4, 0.5) is 5.69 Å². The fraction of sp³-hybridized carbons (Fsp3) is 0.208. The van der Waals surface area contributed by atoms with Gasteiger partial charge in [-0.05, 0) is 42.5 Å². The van der Waals surface area contributed by atoms with Gasteiger partial charge in [0, 0.05) is 17.7 Å². The molecule has 0 saturated carbocycles. The maximum Gasteiger partial charge on any atom is 0.307 e. The molecule has 2 aromatic carbocycles. The fourth-order valence-corrected chi connectivity index (χ4v) is 3.63. The summed E-state index contributed by atoms with van der Waals surface area (Å²) in [5, 5.41) is 4.67. The summed E-state index contributed by atoms with van der Waals surface area (Å²) in [5.74, 6) is -1.14. The lowest BCUT2D eigenvalue weighted by molar-refractivity contribution is -0.154. The third-order valence-electron chi connectivity index (χ3n) is 4.59. The Kier molecular flexibility index (Phi) is 7.14. The highest BCUT2D eigenvalue weighted by Crippen LogP contribution is 2.23. The number of amides is 1. The van der Waals surface area contributed by atoms with Crippen molar-refractivity contribution >= 4 is 34.7 Å². The summed E-state index contributed by atoms with van der Waals surface area (Å²) in [6.07, 6.45) is -1.15. The molecule has 0 saturated heterocycles. The normalized spacial score (nSPS) is 11.5. The molecular formula is C24H23NO4S. The fourth-order valence-electron chi connectivity index (χ4n) is 2.94. The number of hydrogen-bond donors (Lipinski definition) is 1. The Balaban J connectivity index is 1.71. The second-order valence-corrected chi connectivity index (χ2v) is 7.94. The van der Waals surface area contributed by atoms with Crippen molar-refractivity contribution in [1.29, 1.82) is 0 Å². The number of esters is 1. The van der Waals surface area contributed by atoms with Crippen molar-refractivity contribution in [3.63, 3.8) is 0 Å². The van der Waals surface area contributed by atoms with Gasteiger partial charge in [0.1, 0.15) is 0 Å². The maximum absolute atomic E-state index is 13.0. The number of nitrogens with one attached hydrogen (secondary N) is 1. The van der Waals surface area contributed by atoms with Crippen LogP contribution < -0.4 is 5.32 Å². The zero-order valence-corrected chi connectivity index (χ0v) is 17.7. The van der Waals surface area contributed by atoms with E-state index in [0.29, 0.717) is 16.1 Å². The topological polar surface area (TPSA) is 72.5 Å². The first-order chi connectivity index (χ1) is 14.4. The standard InChI is InChI=1S/C24H23NO4S/c1-16-10-11-17(2)19(15-16)25-24(28)23(18-7-4-3-5-8-18)29-22(27)13-12-20(26)21-9-6-14-30-21/h3-11,14-15,23H,12-13H2,1-2H3,(H,25,28)/t23-/m0/s1. The minimum Gasteiger partial charge on any atom is -0.447 e. The van der Waals surface area contributed by atoms with E-state index in [-0.39, 0.29) is 18.6 Å². The van der Waals surface area contributed by atoms with E-state index >= 15 is 0 Å². The van der Waals surface area contributed by atoms with Crippen molar-refractivity contribution < 1.29 is 19.1 Å². The van der Waals surface area contributed by atoms with Crippen LogP contribution in [-0.2, 0) is 14.3 Å². The molecule has 3 aromatic rings. The lowest BCUT2D eigenvalue weighted by Gasteiger charge is -2.19. The predicted molar refractivity (Wildman–Crippen MR) is 118 cm³/mol. The Bertz CT molecular complexity index is 1030. The smallest absolute Gasteiger partial charge is 0.307 e. The van der Waals surface area contributed by atoms with Crippen molar-refractivity contribution in [1.82, 2.24) is 0 Å². The van der Waals surface area contributed by atoms with Crippen molar-refractivity contribution in [3.8, 4) is 0 Å². The highest BCUT2D eigenvalue weighted by molar-refractivity contribution is 7.12.